The topological polar surface area (TPSA) is 50.4 Å². The molecule has 106 valence electrons. The van der Waals surface area contributed by atoms with E-state index in [2.05, 4.69) is 24.7 Å². The highest BCUT2D eigenvalue weighted by molar-refractivity contribution is 5.67. The van der Waals surface area contributed by atoms with Crippen molar-refractivity contribution in [3.63, 3.8) is 0 Å². The van der Waals surface area contributed by atoms with Gasteiger partial charge in [0.1, 0.15) is 5.60 Å². The summed E-state index contributed by atoms with van der Waals surface area (Å²) < 4.78 is 5.19. The van der Waals surface area contributed by atoms with Crippen molar-refractivity contribution in [1.29, 1.82) is 0 Å². The Morgan fingerprint density at radius 2 is 1.74 bits per heavy atom. The molecule has 1 unspecified atom stereocenters. The number of amides is 1. The number of carbonyl (C=O) groups is 1. The van der Waals surface area contributed by atoms with Gasteiger partial charge in [0, 0.05) is 0 Å². The molecule has 1 amide bonds. The van der Waals surface area contributed by atoms with Crippen LogP contribution in [-0.2, 0) is 4.74 Å². The zero-order valence-corrected chi connectivity index (χ0v) is 12.4. The molecule has 0 aliphatic carbocycles. The van der Waals surface area contributed by atoms with Crippen LogP contribution in [0.25, 0.3) is 0 Å². The number of nitrogens with one attached hydrogen (secondary N) is 2. The van der Waals surface area contributed by atoms with Crippen molar-refractivity contribution in [3.05, 3.63) is 35.9 Å². The molecule has 0 saturated carbocycles. The Hall–Kier alpha value is -1.55. The van der Waals surface area contributed by atoms with Crippen LogP contribution >= 0.6 is 0 Å². The van der Waals surface area contributed by atoms with Crippen LogP contribution in [0, 0.1) is 5.92 Å². The van der Waals surface area contributed by atoms with Gasteiger partial charge < -0.3 is 4.74 Å². The molecule has 0 aliphatic heterocycles. The SMILES string of the molecule is CC(C)C(NNC(=O)OC(C)(C)C)c1ccccc1. The molecular formula is C15H24N2O2. The first-order chi connectivity index (χ1) is 8.79. The predicted molar refractivity (Wildman–Crippen MR) is 76.5 cm³/mol. The first kappa shape index (κ1) is 15.5. The van der Waals surface area contributed by atoms with Crippen molar-refractivity contribution in [2.45, 2.75) is 46.3 Å². The van der Waals surface area contributed by atoms with Crippen LogP contribution in [0.5, 0.6) is 0 Å². The molecule has 0 saturated heterocycles. The largest absolute Gasteiger partial charge is 0.443 e. The number of rotatable bonds is 4. The van der Waals surface area contributed by atoms with Crippen LogP contribution in [-0.4, -0.2) is 11.7 Å². The van der Waals surface area contributed by atoms with E-state index < -0.39 is 11.7 Å². The number of hydrogen-bond acceptors (Lipinski definition) is 3. The average molecular weight is 264 g/mol. The number of hydrogen-bond donors (Lipinski definition) is 2. The summed E-state index contributed by atoms with van der Waals surface area (Å²) in [6.45, 7) is 9.71. The second-order valence-electron chi connectivity index (χ2n) is 5.90. The molecule has 1 atom stereocenters. The van der Waals surface area contributed by atoms with Crippen LogP contribution < -0.4 is 10.9 Å². The lowest BCUT2D eigenvalue weighted by Gasteiger charge is -2.25. The summed E-state index contributed by atoms with van der Waals surface area (Å²) in [4.78, 5) is 11.6. The molecular weight excluding hydrogens is 240 g/mol. The highest BCUT2D eigenvalue weighted by atomic mass is 16.6. The van der Waals surface area contributed by atoms with E-state index in [1.165, 1.54) is 0 Å². The maximum Gasteiger partial charge on any atom is 0.422 e. The maximum atomic E-state index is 11.6. The van der Waals surface area contributed by atoms with Crippen molar-refractivity contribution >= 4 is 6.09 Å². The van der Waals surface area contributed by atoms with E-state index in [1.807, 2.05) is 51.1 Å². The van der Waals surface area contributed by atoms with Gasteiger partial charge in [-0.3, -0.25) is 5.43 Å². The monoisotopic (exact) mass is 264 g/mol. The zero-order chi connectivity index (χ0) is 14.5. The summed E-state index contributed by atoms with van der Waals surface area (Å²) >= 11 is 0. The van der Waals surface area contributed by atoms with Crippen molar-refractivity contribution in [1.82, 2.24) is 10.9 Å². The molecule has 1 rings (SSSR count). The fraction of sp³-hybridized carbons (Fsp3) is 0.533. The lowest BCUT2D eigenvalue weighted by atomic mass is 9.97. The van der Waals surface area contributed by atoms with E-state index in [0.29, 0.717) is 5.92 Å². The lowest BCUT2D eigenvalue weighted by molar-refractivity contribution is 0.0481. The second kappa shape index (κ2) is 6.57. The minimum absolute atomic E-state index is 0.0497. The zero-order valence-electron chi connectivity index (χ0n) is 12.4. The van der Waals surface area contributed by atoms with Crippen molar-refractivity contribution in [2.24, 2.45) is 5.92 Å². The lowest BCUT2D eigenvalue weighted by Crippen LogP contribution is -2.44. The Kier molecular flexibility index (Phi) is 5.36. The quantitative estimate of drug-likeness (QED) is 0.819. The first-order valence-corrected chi connectivity index (χ1v) is 6.59. The molecule has 0 bridgehead atoms. The normalized spacial score (nSPS) is 13.2. The van der Waals surface area contributed by atoms with Gasteiger partial charge in [-0.15, -0.1) is 0 Å². The van der Waals surface area contributed by atoms with Crippen LogP contribution in [0.4, 0.5) is 4.79 Å². The highest BCUT2D eigenvalue weighted by Gasteiger charge is 2.19. The molecule has 0 aliphatic rings. The van der Waals surface area contributed by atoms with Gasteiger partial charge in [-0.05, 0) is 32.3 Å². The van der Waals surface area contributed by atoms with Crippen LogP contribution in [0.3, 0.4) is 0 Å². The summed E-state index contributed by atoms with van der Waals surface area (Å²) in [5, 5.41) is 0. The predicted octanol–water partition coefficient (Wildman–Crippen LogP) is 3.41. The van der Waals surface area contributed by atoms with Crippen molar-refractivity contribution in [3.8, 4) is 0 Å². The third-order valence-corrected chi connectivity index (χ3v) is 2.55. The molecule has 0 aromatic heterocycles. The van der Waals surface area contributed by atoms with E-state index >= 15 is 0 Å². The fourth-order valence-corrected chi connectivity index (χ4v) is 1.74. The Balaban J connectivity index is 2.59. The minimum Gasteiger partial charge on any atom is -0.443 e. The van der Waals surface area contributed by atoms with Gasteiger partial charge in [0.2, 0.25) is 0 Å². The third kappa shape index (κ3) is 5.75. The van der Waals surface area contributed by atoms with E-state index in [0.717, 1.165) is 5.56 Å². The highest BCUT2D eigenvalue weighted by Crippen LogP contribution is 2.20. The van der Waals surface area contributed by atoms with Gasteiger partial charge in [0.05, 0.1) is 6.04 Å². The van der Waals surface area contributed by atoms with E-state index in [-0.39, 0.29) is 6.04 Å². The van der Waals surface area contributed by atoms with Gasteiger partial charge in [0.15, 0.2) is 0 Å². The number of hydrazine groups is 1. The third-order valence-electron chi connectivity index (χ3n) is 2.55. The van der Waals surface area contributed by atoms with Gasteiger partial charge in [0.25, 0.3) is 0 Å². The number of ether oxygens (including phenoxy) is 1. The summed E-state index contributed by atoms with van der Waals surface area (Å²) in [5.41, 5.74) is 6.28. The molecule has 19 heavy (non-hydrogen) atoms. The van der Waals surface area contributed by atoms with E-state index in [1.54, 1.807) is 0 Å². The molecule has 4 nitrogen and oxygen atoms in total. The Bertz CT molecular complexity index is 396. The molecule has 1 aromatic rings. The molecule has 1 aromatic carbocycles. The second-order valence-corrected chi connectivity index (χ2v) is 5.90. The fourth-order valence-electron chi connectivity index (χ4n) is 1.74. The minimum atomic E-state index is -0.494. The van der Waals surface area contributed by atoms with Crippen molar-refractivity contribution < 1.29 is 9.53 Å². The van der Waals surface area contributed by atoms with Gasteiger partial charge in [-0.2, -0.15) is 0 Å². The molecule has 4 heteroatoms. The maximum absolute atomic E-state index is 11.6. The number of carbonyl (C=O) groups excluding carboxylic acids is 1. The molecule has 2 N–H and O–H groups in total. The summed E-state index contributed by atoms with van der Waals surface area (Å²) in [5.74, 6) is 0.345. The van der Waals surface area contributed by atoms with Crippen LogP contribution in [0.15, 0.2) is 30.3 Å². The first-order valence-electron chi connectivity index (χ1n) is 6.59. The van der Waals surface area contributed by atoms with E-state index in [4.69, 9.17) is 4.74 Å². The summed E-state index contributed by atoms with van der Waals surface area (Å²) in [6.07, 6.45) is -0.464. The van der Waals surface area contributed by atoms with Crippen LogP contribution in [0.2, 0.25) is 0 Å². The molecule has 0 fully saturated rings. The Morgan fingerprint density at radius 3 is 2.21 bits per heavy atom. The summed E-state index contributed by atoms with van der Waals surface area (Å²) in [6, 6.07) is 10.1. The van der Waals surface area contributed by atoms with Gasteiger partial charge in [-0.1, -0.05) is 44.2 Å². The Morgan fingerprint density at radius 1 is 1.16 bits per heavy atom. The molecule has 0 spiro atoms. The molecule has 0 heterocycles. The van der Waals surface area contributed by atoms with Crippen molar-refractivity contribution in [2.75, 3.05) is 0 Å². The molecule has 0 radical (unpaired) electrons. The smallest absolute Gasteiger partial charge is 0.422 e. The van der Waals surface area contributed by atoms with Crippen LogP contribution in [0.1, 0.15) is 46.2 Å². The van der Waals surface area contributed by atoms with Gasteiger partial charge in [-0.25, -0.2) is 10.2 Å². The average Bonchev–Trinajstić information content (AvgIpc) is 2.27. The van der Waals surface area contributed by atoms with Gasteiger partial charge >= 0.3 is 6.09 Å². The Labute approximate surface area is 115 Å². The van der Waals surface area contributed by atoms with E-state index in [9.17, 15) is 4.79 Å². The number of benzene rings is 1. The standard InChI is InChI=1S/C15H24N2O2/c1-11(2)13(12-9-7-6-8-10-12)16-17-14(18)19-15(3,4)5/h6-11,13,16H,1-5H3,(H,17,18). The summed E-state index contributed by atoms with van der Waals surface area (Å²) in [7, 11) is 0.